The average molecular weight is 385 g/mol. The van der Waals surface area contributed by atoms with Crippen LogP contribution < -0.4 is 0 Å². The van der Waals surface area contributed by atoms with Crippen molar-refractivity contribution in [2.24, 2.45) is 5.92 Å². The van der Waals surface area contributed by atoms with Crippen molar-refractivity contribution < 1.29 is 23.1 Å². The molecule has 0 aromatic rings. The van der Waals surface area contributed by atoms with Crippen molar-refractivity contribution in [1.29, 1.82) is 0 Å². The fraction of sp³-hybridized carbons (Fsp3) is 0.667. The molecular weight excluding hydrogens is 371 g/mol. The van der Waals surface area contributed by atoms with Gasteiger partial charge in [0.15, 0.2) is 17.7 Å². The molecule has 106 valence electrons. The molecule has 2 rings (SSSR count). The van der Waals surface area contributed by atoms with Crippen molar-refractivity contribution in [3.63, 3.8) is 0 Å². The minimum Gasteiger partial charge on any atom is -0.317 e. The van der Waals surface area contributed by atoms with Crippen LogP contribution in [-0.2, 0) is 14.3 Å². The number of ketones is 1. The van der Waals surface area contributed by atoms with Gasteiger partial charge in [0.2, 0.25) is 11.8 Å². The Morgan fingerprint density at radius 2 is 2.16 bits per heavy atom. The van der Waals surface area contributed by atoms with Crippen LogP contribution in [0.15, 0.2) is 12.3 Å². The summed E-state index contributed by atoms with van der Waals surface area (Å²) >= 11 is 1.79. The van der Waals surface area contributed by atoms with Gasteiger partial charge in [-0.25, -0.2) is 8.78 Å². The number of ether oxygens (including phenoxy) is 1. The minimum absolute atomic E-state index is 0.0351. The van der Waals surface area contributed by atoms with Gasteiger partial charge in [-0.1, -0.05) is 29.5 Å². The van der Waals surface area contributed by atoms with Crippen LogP contribution in [0.4, 0.5) is 8.78 Å². The van der Waals surface area contributed by atoms with Crippen molar-refractivity contribution in [2.45, 2.75) is 38.0 Å². The van der Waals surface area contributed by atoms with E-state index in [9.17, 15) is 18.4 Å². The molecule has 0 spiro atoms. The first-order valence-corrected chi connectivity index (χ1v) is 7.38. The smallest absolute Gasteiger partial charge is 0.236 e. The molecule has 0 unspecified atom stereocenters. The van der Waals surface area contributed by atoms with E-state index in [1.165, 1.54) is 26.1 Å². The first kappa shape index (κ1) is 14.8. The quantitative estimate of drug-likeness (QED) is 0.416. The third-order valence-corrected chi connectivity index (χ3v) is 4.79. The van der Waals surface area contributed by atoms with E-state index in [-0.39, 0.29) is 16.6 Å². The van der Waals surface area contributed by atoms with Gasteiger partial charge in [0.05, 0.1) is 16.8 Å². The summed E-state index contributed by atoms with van der Waals surface area (Å²) in [5.74, 6) is -4.06. The zero-order valence-electron chi connectivity index (χ0n) is 10.5. The van der Waals surface area contributed by atoms with Crippen molar-refractivity contribution in [3.8, 4) is 0 Å². The third kappa shape index (κ3) is 2.31. The second-order valence-corrected chi connectivity index (χ2v) is 5.79. The molecule has 0 bridgehead atoms. The van der Waals surface area contributed by atoms with Crippen LogP contribution in [0.2, 0.25) is 0 Å². The SMILES string of the molecule is C[C@H]1[C@@](C)(F)[C@H](N2C=CC(=O)CC2=O)O[C@]1(F)CI. The van der Waals surface area contributed by atoms with Crippen LogP contribution in [-0.4, -0.2) is 38.8 Å². The Morgan fingerprint density at radius 1 is 1.53 bits per heavy atom. The summed E-state index contributed by atoms with van der Waals surface area (Å²) in [7, 11) is 0. The Kier molecular flexibility index (Phi) is 3.72. The molecule has 2 aliphatic rings. The van der Waals surface area contributed by atoms with Gasteiger partial charge in [0.1, 0.15) is 0 Å². The number of carbonyl (C=O) groups excluding carboxylic acids is 2. The van der Waals surface area contributed by atoms with Crippen molar-refractivity contribution in [3.05, 3.63) is 12.3 Å². The fourth-order valence-corrected chi connectivity index (χ4v) is 3.11. The van der Waals surface area contributed by atoms with E-state index in [1.54, 1.807) is 22.6 Å². The molecule has 0 radical (unpaired) electrons. The Bertz CT molecular complexity index is 454. The maximum Gasteiger partial charge on any atom is 0.236 e. The average Bonchev–Trinajstić information content (AvgIpc) is 2.51. The van der Waals surface area contributed by atoms with E-state index in [0.29, 0.717) is 0 Å². The Morgan fingerprint density at radius 3 is 2.63 bits per heavy atom. The molecule has 7 heteroatoms. The van der Waals surface area contributed by atoms with Gasteiger partial charge in [-0.15, -0.1) is 0 Å². The van der Waals surface area contributed by atoms with Crippen molar-refractivity contribution >= 4 is 34.3 Å². The summed E-state index contributed by atoms with van der Waals surface area (Å²) in [5, 5.41) is 0. The lowest BCUT2D eigenvalue weighted by Crippen LogP contribution is -2.49. The summed E-state index contributed by atoms with van der Waals surface area (Å²) in [4.78, 5) is 23.8. The summed E-state index contributed by atoms with van der Waals surface area (Å²) in [6.45, 7) is 2.63. The van der Waals surface area contributed by atoms with E-state index in [0.717, 1.165) is 4.90 Å². The van der Waals surface area contributed by atoms with Gasteiger partial charge in [-0.2, -0.15) is 0 Å². The molecule has 0 aromatic carbocycles. The lowest BCUT2D eigenvalue weighted by atomic mass is 9.88. The number of nitrogens with zero attached hydrogens (tertiary/aromatic N) is 1. The molecule has 0 aliphatic carbocycles. The summed E-state index contributed by atoms with van der Waals surface area (Å²) in [6, 6.07) is 0. The highest BCUT2D eigenvalue weighted by molar-refractivity contribution is 14.1. The van der Waals surface area contributed by atoms with E-state index in [2.05, 4.69) is 0 Å². The van der Waals surface area contributed by atoms with E-state index in [4.69, 9.17) is 4.74 Å². The molecule has 4 nitrogen and oxygen atoms in total. The van der Waals surface area contributed by atoms with Gasteiger partial charge in [-0.05, 0) is 13.0 Å². The second kappa shape index (κ2) is 4.76. The van der Waals surface area contributed by atoms with Gasteiger partial charge in [0, 0.05) is 6.20 Å². The lowest BCUT2D eigenvalue weighted by molar-refractivity contribution is -0.176. The number of alkyl halides is 3. The molecule has 0 saturated carbocycles. The topological polar surface area (TPSA) is 46.6 Å². The van der Waals surface area contributed by atoms with E-state index >= 15 is 0 Å². The standard InChI is InChI=1S/C12H14F2INO3/c1-7-11(2,13)10(19-12(7,14)6-15)16-4-3-8(17)5-9(16)18/h3-4,7,10H,5-6H2,1-2H3/t7-,10+,11+,12+/m0/s1. The van der Waals surface area contributed by atoms with Crippen LogP contribution in [0, 0.1) is 5.92 Å². The van der Waals surface area contributed by atoms with Crippen molar-refractivity contribution in [1.82, 2.24) is 4.90 Å². The van der Waals surface area contributed by atoms with E-state index < -0.39 is 29.6 Å². The number of halogens is 3. The molecule has 1 saturated heterocycles. The summed E-state index contributed by atoms with van der Waals surface area (Å²) in [6.07, 6.45) is 0.652. The van der Waals surface area contributed by atoms with Crippen LogP contribution in [0.3, 0.4) is 0 Å². The Balaban J connectivity index is 2.33. The molecule has 2 aliphatic heterocycles. The molecule has 0 aromatic heterocycles. The van der Waals surface area contributed by atoms with Crippen LogP contribution in [0.5, 0.6) is 0 Å². The number of hydrogen-bond donors (Lipinski definition) is 0. The molecular formula is C12H14F2INO3. The minimum atomic E-state index is -2.12. The highest BCUT2D eigenvalue weighted by atomic mass is 127. The van der Waals surface area contributed by atoms with Crippen molar-refractivity contribution in [2.75, 3.05) is 4.43 Å². The predicted molar refractivity (Wildman–Crippen MR) is 71.9 cm³/mol. The van der Waals surface area contributed by atoms with Crippen LogP contribution in [0.25, 0.3) is 0 Å². The Hall–Kier alpha value is -0.570. The van der Waals surface area contributed by atoms with Gasteiger partial charge in [0.25, 0.3) is 0 Å². The fourth-order valence-electron chi connectivity index (χ4n) is 2.27. The highest BCUT2D eigenvalue weighted by Crippen LogP contribution is 2.49. The van der Waals surface area contributed by atoms with Gasteiger partial charge >= 0.3 is 0 Å². The summed E-state index contributed by atoms with van der Waals surface area (Å²) < 4.78 is 34.3. The first-order chi connectivity index (χ1) is 8.72. The molecule has 1 fully saturated rings. The van der Waals surface area contributed by atoms with Gasteiger partial charge in [-0.3, -0.25) is 14.5 Å². The number of allylic oxidation sites excluding steroid dienone is 1. The number of hydrogen-bond acceptors (Lipinski definition) is 3. The van der Waals surface area contributed by atoms with Crippen LogP contribution >= 0.6 is 22.6 Å². The summed E-state index contributed by atoms with van der Waals surface area (Å²) in [5.41, 5.74) is -2.03. The second-order valence-electron chi connectivity index (χ2n) is 5.02. The largest absolute Gasteiger partial charge is 0.317 e. The van der Waals surface area contributed by atoms with Gasteiger partial charge < -0.3 is 4.74 Å². The maximum atomic E-state index is 14.7. The number of carbonyl (C=O) groups is 2. The normalized spacial score (nSPS) is 43.1. The lowest BCUT2D eigenvalue weighted by Gasteiger charge is -2.33. The first-order valence-electron chi connectivity index (χ1n) is 5.86. The van der Waals surface area contributed by atoms with Crippen LogP contribution in [0.1, 0.15) is 20.3 Å². The number of rotatable bonds is 2. The molecule has 19 heavy (non-hydrogen) atoms. The monoisotopic (exact) mass is 385 g/mol. The third-order valence-electron chi connectivity index (χ3n) is 3.75. The van der Waals surface area contributed by atoms with E-state index in [1.807, 2.05) is 0 Å². The maximum absolute atomic E-state index is 14.7. The molecule has 4 atom stereocenters. The zero-order chi connectivity index (χ0) is 14.4. The zero-order valence-corrected chi connectivity index (χ0v) is 12.7. The molecule has 2 heterocycles. The molecule has 0 N–H and O–H groups in total. The predicted octanol–water partition coefficient (Wildman–Crippen LogP) is 2.12. The molecule has 1 amide bonds. The highest BCUT2D eigenvalue weighted by Gasteiger charge is 2.63. The number of amides is 1. The Labute approximate surface area is 123 Å².